The maximum atomic E-state index is 14.8. The van der Waals surface area contributed by atoms with E-state index < -0.39 is 24.3 Å². The minimum atomic E-state index is -1.01. The molecule has 12 nitrogen and oxygen atoms in total. The van der Waals surface area contributed by atoms with E-state index in [2.05, 4.69) is 27.0 Å². The fourth-order valence-electron chi connectivity index (χ4n) is 5.77. The highest BCUT2D eigenvalue weighted by Crippen LogP contribution is 2.22. The first kappa shape index (κ1) is 41.3. The summed E-state index contributed by atoms with van der Waals surface area (Å²) in [5, 5.41) is 7.93. The standard InChI is InChI=1S/C42H52N6O6/c1-7-25-48(46-41(51)44-27-32-15-11-10-12-16-32)29-38(49)45-37(26-31-20-22-34(23-21-31)54-42(4,5)6)40(50)47(30-39(52-8-2)53-9-3)28-33-17-13-19-36-35(33)18-14-24-43-36/h1,10-24,37,39H,8-9,25-30H2,2-6H3,(H,45,49)(H2,44,46,51). The molecule has 3 aromatic carbocycles. The fourth-order valence-corrected chi connectivity index (χ4v) is 5.77. The summed E-state index contributed by atoms with van der Waals surface area (Å²) in [5.41, 5.74) is 5.65. The number of amides is 4. The molecule has 3 N–H and O–H groups in total. The highest BCUT2D eigenvalue weighted by Gasteiger charge is 2.30. The Kier molecular flexibility index (Phi) is 15.8. The number of hydrazine groups is 1. The van der Waals surface area contributed by atoms with Crippen molar-refractivity contribution in [1.82, 2.24) is 31.0 Å². The van der Waals surface area contributed by atoms with E-state index in [0.29, 0.717) is 19.0 Å². The molecule has 286 valence electrons. The Morgan fingerprint density at radius 2 is 1.61 bits per heavy atom. The first-order valence-corrected chi connectivity index (χ1v) is 18.2. The quantitative estimate of drug-likeness (QED) is 0.0679. The Bertz CT molecular complexity index is 1830. The molecule has 4 rings (SSSR count). The number of nitrogens with one attached hydrogen (secondary N) is 3. The lowest BCUT2D eigenvalue weighted by atomic mass is 10.0. The maximum absolute atomic E-state index is 14.8. The molecule has 0 fully saturated rings. The van der Waals surface area contributed by atoms with Crippen molar-refractivity contribution < 1.29 is 28.6 Å². The van der Waals surface area contributed by atoms with Crippen LogP contribution in [0.2, 0.25) is 0 Å². The number of benzene rings is 3. The zero-order chi connectivity index (χ0) is 38.9. The van der Waals surface area contributed by atoms with E-state index in [0.717, 1.165) is 27.6 Å². The predicted octanol–water partition coefficient (Wildman–Crippen LogP) is 5.22. The van der Waals surface area contributed by atoms with Gasteiger partial charge in [0, 0.05) is 44.3 Å². The maximum Gasteiger partial charge on any atom is 0.329 e. The van der Waals surface area contributed by atoms with Crippen LogP contribution in [-0.4, -0.2) is 83.5 Å². The molecule has 12 heteroatoms. The summed E-state index contributed by atoms with van der Waals surface area (Å²) in [4.78, 5) is 47.4. The molecule has 0 aliphatic heterocycles. The van der Waals surface area contributed by atoms with Gasteiger partial charge in [0.2, 0.25) is 11.8 Å². The second-order valence-electron chi connectivity index (χ2n) is 13.6. The summed E-state index contributed by atoms with van der Waals surface area (Å²) < 4.78 is 17.8. The van der Waals surface area contributed by atoms with Gasteiger partial charge < -0.3 is 29.7 Å². The zero-order valence-electron chi connectivity index (χ0n) is 31.8. The number of terminal acetylenes is 1. The molecule has 4 aromatic rings. The number of carbonyl (C=O) groups is 3. The zero-order valence-corrected chi connectivity index (χ0v) is 31.8. The average molecular weight is 737 g/mol. The lowest BCUT2D eigenvalue weighted by molar-refractivity contribution is -0.161. The molecule has 1 heterocycles. The van der Waals surface area contributed by atoms with E-state index in [1.54, 1.807) is 11.1 Å². The molecule has 1 aromatic heterocycles. The van der Waals surface area contributed by atoms with Gasteiger partial charge in [0.1, 0.15) is 17.4 Å². The van der Waals surface area contributed by atoms with Crippen LogP contribution in [0.25, 0.3) is 10.9 Å². The van der Waals surface area contributed by atoms with Gasteiger partial charge in [-0.3, -0.25) is 20.0 Å². The van der Waals surface area contributed by atoms with Crippen LogP contribution in [0.3, 0.4) is 0 Å². The number of aromatic nitrogens is 1. The molecule has 0 saturated heterocycles. The largest absolute Gasteiger partial charge is 0.488 e. The first-order chi connectivity index (χ1) is 26.0. The molecule has 54 heavy (non-hydrogen) atoms. The molecule has 1 atom stereocenters. The second kappa shape index (κ2) is 20.7. The molecular formula is C42H52N6O6. The molecule has 0 aliphatic carbocycles. The van der Waals surface area contributed by atoms with Crippen LogP contribution in [0.5, 0.6) is 5.75 Å². The Hall–Kier alpha value is -5.48. The number of hydrogen-bond donors (Lipinski definition) is 3. The third-order valence-electron chi connectivity index (χ3n) is 8.08. The van der Waals surface area contributed by atoms with Crippen molar-refractivity contribution in [3.8, 4) is 18.1 Å². The third-order valence-corrected chi connectivity index (χ3v) is 8.08. The van der Waals surface area contributed by atoms with E-state index in [1.807, 2.05) is 120 Å². The van der Waals surface area contributed by atoms with E-state index in [1.165, 1.54) is 5.01 Å². The van der Waals surface area contributed by atoms with Gasteiger partial charge in [-0.2, -0.15) is 5.01 Å². The van der Waals surface area contributed by atoms with Crippen LogP contribution >= 0.6 is 0 Å². The van der Waals surface area contributed by atoms with Crippen LogP contribution in [-0.2, 0) is 38.6 Å². The molecule has 0 radical (unpaired) electrons. The van der Waals surface area contributed by atoms with Crippen LogP contribution in [0.1, 0.15) is 51.3 Å². The van der Waals surface area contributed by atoms with E-state index in [9.17, 15) is 14.4 Å². The molecule has 0 saturated carbocycles. The Labute approximate surface area is 318 Å². The van der Waals surface area contributed by atoms with Gasteiger partial charge in [-0.05, 0) is 75.6 Å². The van der Waals surface area contributed by atoms with Crippen molar-refractivity contribution in [3.05, 3.63) is 108 Å². The number of ether oxygens (including phenoxy) is 3. The predicted molar refractivity (Wildman–Crippen MR) is 209 cm³/mol. The normalized spacial score (nSPS) is 11.9. The summed E-state index contributed by atoms with van der Waals surface area (Å²) in [6.45, 7) is 10.6. The van der Waals surface area contributed by atoms with Crippen molar-refractivity contribution >= 4 is 28.7 Å². The minimum absolute atomic E-state index is 0.0499. The third kappa shape index (κ3) is 13.5. The summed E-state index contributed by atoms with van der Waals surface area (Å²) in [6.07, 6.45) is 6.79. The van der Waals surface area contributed by atoms with Gasteiger partial charge in [-0.1, -0.05) is 66.6 Å². The van der Waals surface area contributed by atoms with Gasteiger partial charge in [0.25, 0.3) is 0 Å². The van der Waals surface area contributed by atoms with E-state index >= 15 is 0 Å². The first-order valence-electron chi connectivity index (χ1n) is 18.2. The van der Waals surface area contributed by atoms with Gasteiger partial charge in [-0.25, -0.2) is 4.79 Å². The number of urea groups is 1. The Balaban J connectivity index is 1.60. The lowest BCUT2D eigenvalue weighted by Crippen LogP contribution is -2.55. The SMILES string of the molecule is C#CCN(CC(=O)NC(Cc1ccc(OC(C)(C)C)cc1)C(=O)N(Cc1cccc2ncccc12)CC(OCC)OCC)NC(=O)NCc1ccccc1. The summed E-state index contributed by atoms with van der Waals surface area (Å²) >= 11 is 0. The number of carbonyl (C=O) groups excluding carboxylic acids is 3. The number of nitrogens with zero attached hydrogens (tertiary/aromatic N) is 3. The van der Waals surface area contributed by atoms with Crippen LogP contribution in [0.15, 0.2) is 91.1 Å². The topological polar surface area (TPSA) is 134 Å². The molecule has 4 amide bonds. The van der Waals surface area contributed by atoms with E-state index in [-0.39, 0.29) is 50.7 Å². The Morgan fingerprint density at radius 3 is 2.28 bits per heavy atom. The van der Waals surface area contributed by atoms with Crippen molar-refractivity contribution in [1.29, 1.82) is 0 Å². The van der Waals surface area contributed by atoms with Crippen LogP contribution in [0, 0.1) is 12.3 Å². The monoisotopic (exact) mass is 736 g/mol. The van der Waals surface area contributed by atoms with Gasteiger partial charge in [0.15, 0.2) is 6.29 Å². The Morgan fingerprint density at radius 1 is 0.889 bits per heavy atom. The molecular weight excluding hydrogens is 684 g/mol. The van der Waals surface area contributed by atoms with Crippen molar-refractivity contribution in [2.75, 3.05) is 32.8 Å². The van der Waals surface area contributed by atoms with Crippen molar-refractivity contribution in [3.63, 3.8) is 0 Å². The van der Waals surface area contributed by atoms with Crippen LogP contribution in [0.4, 0.5) is 4.79 Å². The van der Waals surface area contributed by atoms with Crippen molar-refractivity contribution in [2.24, 2.45) is 0 Å². The summed E-state index contributed by atoms with van der Waals surface area (Å²) in [7, 11) is 0. The molecule has 1 unspecified atom stereocenters. The van der Waals surface area contributed by atoms with Crippen molar-refractivity contribution in [2.45, 2.75) is 72.1 Å². The number of pyridine rings is 1. The van der Waals surface area contributed by atoms with Gasteiger partial charge >= 0.3 is 6.03 Å². The lowest BCUT2D eigenvalue weighted by Gasteiger charge is -2.32. The molecule has 0 aliphatic rings. The summed E-state index contributed by atoms with van der Waals surface area (Å²) in [5.74, 6) is 2.30. The highest BCUT2D eigenvalue weighted by atomic mass is 16.7. The van der Waals surface area contributed by atoms with Gasteiger partial charge in [-0.15, -0.1) is 6.42 Å². The fraction of sp³-hybridized carbons (Fsp3) is 0.381. The van der Waals surface area contributed by atoms with E-state index in [4.69, 9.17) is 20.6 Å². The average Bonchev–Trinajstić information content (AvgIpc) is 3.14. The number of rotatable bonds is 19. The highest BCUT2D eigenvalue weighted by molar-refractivity contribution is 5.89. The van der Waals surface area contributed by atoms with Crippen LogP contribution < -0.4 is 20.8 Å². The minimum Gasteiger partial charge on any atom is -0.488 e. The smallest absolute Gasteiger partial charge is 0.329 e. The summed E-state index contributed by atoms with van der Waals surface area (Å²) in [6, 6.07) is 24.9. The number of fused-ring (bicyclic) bond motifs is 1. The van der Waals surface area contributed by atoms with Gasteiger partial charge in [0.05, 0.1) is 25.2 Å². The number of hydrogen-bond acceptors (Lipinski definition) is 8. The molecule has 0 spiro atoms. The molecule has 0 bridgehead atoms. The second-order valence-corrected chi connectivity index (χ2v) is 13.6.